The maximum atomic E-state index is 5.87. The maximum Gasteiger partial charge on any atom is 0.203 e. The molecule has 0 aromatic carbocycles. The summed E-state index contributed by atoms with van der Waals surface area (Å²) < 4.78 is 7.75. The average molecular weight is 287 g/mol. The SMILES string of the molecule is c1csc(C2CN(c3nccn4cnnc34)CCO2)c1. The van der Waals surface area contributed by atoms with E-state index in [1.54, 1.807) is 23.9 Å². The summed E-state index contributed by atoms with van der Waals surface area (Å²) in [4.78, 5) is 7.94. The van der Waals surface area contributed by atoms with Crippen molar-refractivity contribution < 1.29 is 4.74 Å². The van der Waals surface area contributed by atoms with Gasteiger partial charge in [-0.3, -0.25) is 4.40 Å². The summed E-state index contributed by atoms with van der Waals surface area (Å²) in [5.74, 6) is 0.870. The average Bonchev–Trinajstić information content (AvgIpc) is 3.18. The number of hydrogen-bond donors (Lipinski definition) is 0. The third-order valence-corrected chi connectivity index (χ3v) is 4.39. The zero-order valence-corrected chi connectivity index (χ0v) is 11.5. The van der Waals surface area contributed by atoms with Gasteiger partial charge in [0.15, 0.2) is 5.82 Å². The van der Waals surface area contributed by atoms with Gasteiger partial charge < -0.3 is 9.64 Å². The molecule has 1 unspecified atom stereocenters. The Labute approximate surface area is 119 Å². The van der Waals surface area contributed by atoms with Crippen LogP contribution in [-0.2, 0) is 4.74 Å². The Morgan fingerprint density at radius 1 is 1.40 bits per heavy atom. The van der Waals surface area contributed by atoms with Gasteiger partial charge in [0.25, 0.3) is 0 Å². The zero-order valence-electron chi connectivity index (χ0n) is 10.7. The Hall–Kier alpha value is -1.99. The van der Waals surface area contributed by atoms with E-state index in [0.29, 0.717) is 6.61 Å². The molecule has 102 valence electrons. The van der Waals surface area contributed by atoms with Crippen molar-refractivity contribution in [3.05, 3.63) is 41.1 Å². The number of morpholine rings is 1. The second kappa shape index (κ2) is 4.84. The molecule has 1 atom stereocenters. The van der Waals surface area contributed by atoms with E-state index in [2.05, 4.69) is 37.6 Å². The third kappa shape index (κ3) is 1.95. The van der Waals surface area contributed by atoms with E-state index in [4.69, 9.17) is 4.74 Å². The summed E-state index contributed by atoms with van der Waals surface area (Å²) in [6.07, 6.45) is 5.43. The summed E-state index contributed by atoms with van der Waals surface area (Å²) in [5, 5.41) is 10.2. The van der Waals surface area contributed by atoms with Gasteiger partial charge >= 0.3 is 0 Å². The van der Waals surface area contributed by atoms with Crippen molar-refractivity contribution in [3.63, 3.8) is 0 Å². The normalized spacial score (nSPS) is 19.6. The van der Waals surface area contributed by atoms with Crippen LogP contribution >= 0.6 is 11.3 Å². The molecule has 4 rings (SSSR count). The summed E-state index contributed by atoms with van der Waals surface area (Å²) in [6.45, 7) is 2.31. The van der Waals surface area contributed by atoms with Gasteiger partial charge in [0.2, 0.25) is 5.65 Å². The van der Waals surface area contributed by atoms with Crippen LogP contribution in [0.5, 0.6) is 0 Å². The van der Waals surface area contributed by atoms with E-state index in [1.165, 1.54) is 4.88 Å². The van der Waals surface area contributed by atoms with Crippen LogP contribution < -0.4 is 4.90 Å². The van der Waals surface area contributed by atoms with Gasteiger partial charge in [-0.1, -0.05) is 6.07 Å². The lowest BCUT2D eigenvalue weighted by Crippen LogP contribution is -2.38. The second-order valence-corrected chi connectivity index (χ2v) is 5.61. The Morgan fingerprint density at radius 3 is 3.30 bits per heavy atom. The standard InChI is InChI=1S/C13H13N5OS/c1-2-11(20-7-1)10-8-17(5-6-19-10)12-13-16-15-9-18(13)4-3-14-12/h1-4,7,9-10H,5-6,8H2. The smallest absolute Gasteiger partial charge is 0.203 e. The summed E-state index contributed by atoms with van der Waals surface area (Å²) >= 11 is 1.73. The van der Waals surface area contributed by atoms with Crippen LogP contribution in [-0.4, -0.2) is 39.3 Å². The first-order valence-corrected chi connectivity index (χ1v) is 7.34. The monoisotopic (exact) mass is 287 g/mol. The number of thiophene rings is 1. The van der Waals surface area contributed by atoms with Crippen LogP contribution in [0.4, 0.5) is 5.82 Å². The molecule has 0 amide bonds. The minimum absolute atomic E-state index is 0.105. The zero-order chi connectivity index (χ0) is 13.4. The molecule has 0 bridgehead atoms. The van der Waals surface area contributed by atoms with Gasteiger partial charge in [-0.05, 0) is 11.4 Å². The molecule has 4 heterocycles. The predicted octanol–water partition coefficient (Wildman–Crippen LogP) is 1.76. The lowest BCUT2D eigenvalue weighted by molar-refractivity contribution is 0.0419. The molecule has 0 spiro atoms. The molecule has 0 radical (unpaired) electrons. The Kier molecular flexibility index (Phi) is 2.86. The fraction of sp³-hybridized carbons (Fsp3) is 0.308. The largest absolute Gasteiger partial charge is 0.369 e. The molecule has 20 heavy (non-hydrogen) atoms. The number of nitrogens with zero attached hydrogens (tertiary/aromatic N) is 5. The van der Waals surface area contributed by atoms with Crippen molar-refractivity contribution in [3.8, 4) is 0 Å². The molecule has 1 aliphatic heterocycles. The molecular formula is C13H13N5OS. The van der Waals surface area contributed by atoms with E-state index >= 15 is 0 Å². The Morgan fingerprint density at radius 2 is 2.40 bits per heavy atom. The van der Waals surface area contributed by atoms with E-state index in [1.807, 2.05) is 10.6 Å². The van der Waals surface area contributed by atoms with Gasteiger partial charge in [0.05, 0.1) is 13.2 Å². The lowest BCUT2D eigenvalue weighted by atomic mass is 10.2. The van der Waals surface area contributed by atoms with E-state index in [0.717, 1.165) is 24.6 Å². The molecule has 0 aliphatic carbocycles. The van der Waals surface area contributed by atoms with Crippen LogP contribution in [0.3, 0.4) is 0 Å². The van der Waals surface area contributed by atoms with Crippen LogP contribution in [0.25, 0.3) is 5.65 Å². The maximum absolute atomic E-state index is 5.87. The highest BCUT2D eigenvalue weighted by Crippen LogP contribution is 2.28. The minimum Gasteiger partial charge on any atom is -0.369 e. The van der Waals surface area contributed by atoms with E-state index in [9.17, 15) is 0 Å². The molecule has 0 saturated carbocycles. The molecular weight excluding hydrogens is 274 g/mol. The minimum atomic E-state index is 0.105. The van der Waals surface area contributed by atoms with Crippen molar-refractivity contribution in [2.45, 2.75) is 6.10 Å². The van der Waals surface area contributed by atoms with E-state index in [-0.39, 0.29) is 6.10 Å². The first-order valence-electron chi connectivity index (χ1n) is 6.46. The first-order chi connectivity index (χ1) is 9.92. The molecule has 0 N–H and O–H groups in total. The molecule has 1 fully saturated rings. The van der Waals surface area contributed by atoms with Crippen LogP contribution in [0.2, 0.25) is 0 Å². The molecule has 7 heteroatoms. The van der Waals surface area contributed by atoms with Crippen molar-refractivity contribution in [1.82, 2.24) is 19.6 Å². The second-order valence-electron chi connectivity index (χ2n) is 4.63. The molecule has 1 aliphatic rings. The third-order valence-electron chi connectivity index (χ3n) is 3.42. The fourth-order valence-electron chi connectivity index (χ4n) is 2.46. The summed E-state index contributed by atoms with van der Waals surface area (Å²) in [5.41, 5.74) is 0.791. The molecule has 6 nitrogen and oxygen atoms in total. The topological polar surface area (TPSA) is 55.6 Å². The van der Waals surface area contributed by atoms with Crippen LogP contribution in [0.15, 0.2) is 36.2 Å². The van der Waals surface area contributed by atoms with Crippen molar-refractivity contribution in [2.75, 3.05) is 24.6 Å². The van der Waals surface area contributed by atoms with Crippen molar-refractivity contribution >= 4 is 22.8 Å². The van der Waals surface area contributed by atoms with Crippen molar-refractivity contribution in [1.29, 1.82) is 0 Å². The molecule has 3 aromatic heterocycles. The Balaban J connectivity index is 1.66. The van der Waals surface area contributed by atoms with Crippen molar-refractivity contribution in [2.24, 2.45) is 0 Å². The molecule has 3 aromatic rings. The fourth-order valence-corrected chi connectivity index (χ4v) is 3.22. The molecule has 1 saturated heterocycles. The Bertz CT molecular complexity index is 710. The summed E-state index contributed by atoms with van der Waals surface area (Å²) in [7, 11) is 0. The number of ether oxygens (including phenoxy) is 1. The van der Waals surface area contributed by atoms with E-state index < -0.39 is 0 Å². The number of hydrogen-bond acceptors (Lipinski definition) is 6. The quantitative estimate of drug-likeness (QED) is 0.719. The van der Waals surface area contributed by atoms with Crippen LogP contribution in [0, 0.1) is 0 Å². The summed E-state index contributed by atoms with van der Waals surface area (Å²) in [6, 6.07) is 4.17. The predicted molar refractivity (Wildman–Crippen MR) is 76.0 cm³/mol. The van der Waals surface area contributed by atoms with Crippen LogP contribution in [0.1, 0.15) is 11.0 Å². The number of aromatic nitrogens is 4. The highest BCUT2D eigenvalue weighted by molar-refractivity contribution is 7.10. The first kappa shape index (κ1) is 11.8. The number of rotatable bonds is 2. The lowest BCUT2D eigenvalue weighted by Gasteiger charge is -2.33. The van der Waals surface area contributed by atoms with Gasteiger partial charge in [0, 0.05) is 23.8 Å². The van der Waals surface area contributed by atoms with Gasteiger partial charge in [-0.15, -0.1) is 21.5 Å². The van der Waals surface area contributed by atoms with Gasteiger partial charge in [0.1, 0.15) is 12.4 Å². The number of fused-ring (bicyclic) bond motifs is 1. The highest BCUT2D eigenvalue weighted by atomic mass is 32.1. The van der Waals surface area contributed by atoms with Gasteiger partial charge in [-0.2, -0.15) is 0 Å². The van der Waals surface area contributed by atoms with Gasteiger partial charge in [-0.25, -0.2) is 4.98 Å². The number of anilines is 1. The highest BCUT2D eigenvalue weighted by Gasteiger charge is 2.25.